The van der Waals surface area contributed by atoms with E-state index in [1.807, 2.05) is 32.1 Å². The summed E-state index contributed by atoms with van der Waals surface area (Å²) in [5, 5.41) is 0. The van der Waals surface area contributed by atoms with Crippen LogP contribution in [0.25, 0.3) is 0 Å². The zero-order valence-corrected chi connectivity index (χ0v) is 5.83. The Morgan fingerprint density at radius 1 is 1.22 bits per heavy atom. The average molecular weight is 121 g/mol. The fourth-order valence-corrected chi connectivity index (χ4v) is 0.340. The summed E-state index contributed by atoms with van der Waals surface area (Å²) in [6.07, 6.45) is 8.90. The van der Waals surface area contributed by atoms with Crippen molar-refractivity contribution >= 4 is 6.21 Å². The van der Waals surface area contributed by atoms with Crippen molar-refractivity contribution < 1.29 is 0 Å². The van der Waals surface area contributed by atoms with Gasteiger partial charge in [0.1, 0.15) is 0 Å². The van der Waals surface area contributed by atoms with Gasteiger partial charge in [-0.05, 0) is 12.2 Å². The predicted molar refractivity (Wildman–Crippen MR) is 41.6 cm³/mol. The lowest BCUT2D eigenvalue weighted by Crippen LogP contribution is -1.53. The normalized spacial score (nSPS) is 12.2. The predicted octanol–water partition coefficient (Wildman–Crippen LogP) is 2.32. The van der Waals surface area contributed by atoms with Crippen molar-refractivity contribution in [2.75, 3.05) is 0 Å². The molecule has 0 aromatic heterocycles. The lowest BCUT2D eigenvalue weighted by atomic mass is 10.5. The van der Waals surface area contributed by atoms with Crippen molar-refractivity contribution in [3.05, 3.63) is 30.2 Å². The number of nitrogens with zero attached hydrogens (tertiary/aromatic N) is 1. The number of allylic oxidation sites excluding steroid dienone is 3. The van der Waals surface area contributed by atoms with E-state index in [4.69, 9.17) is 0 Å². The summed E-state index contributed by atoms with van der Waals surface area (Å²) in [7, 11) is 0. The smallest absolute Gasteiger partial charge is 0.0686 e. The van der Waals surface area contributed by atoms with Crippen LogP contribution in [0.4, 0.5) is 0 Å². The molecule has 0 N–H and O–H groups in total. The van der Waals surface area contributed by atoms with Crippen molar-refractivity contribution in [2.24, 2.45) is 4.99 Å². The fraction of sp³-hybridized carbons (Fsp3) is 0.250. The van der Waals surface area contributed by atoms with Gasteiger partial charge in [0.2, 0.25) is 0 Å². The molecule has 0 fully saturated rings. The summed E-state index contributed by atoms with van der Waals surface area (Å²) in [6.45, 7) is 4.00. The summed E-state index contributed by atoms with van der Waals surface area (Å²) in [5.41, 5.74) is 2.81. The molecule has 0 aromatic rings. The van der Waals surface area contributed by atoms with Gasteiger partial charge in [-0.3, -0.25) is 4.99 Å². The van der Waals surface area contributed by atoms with Crippen LogP contribution in [-0.4, -0.2) is 6.21 Å². The van der Waals surface area contributed by atoms with Gasteiger partial charge in [-0.15, -0.1) is 5.73 Å². The molecule has 0 bridgehead atoms. The zero-order chi connectivity index (χ0) is 6.95. The van der Waals surface area contributed by atoms with Gasteiger partial charge in [-0.2, -0.15) is 0 Å². The van der Waals surface area contributed by atoms with E-state index in [0.717, 1.165) is 0 Å². The number of hydrogen-bond acceptors (Lipinski definition) is 1. The Labute approximate surface area is 56.1 Å². The molecule has 0 spiro atoms. The molecule has 0 saturated heterocycles. The average Bonchev–Trinajstić information content (AvgIpc) is 2.21. The summed E-state index contributed by atoms with van der Waals surface area (Å²) < 4.78 is 0. The van der Waals surface area contributed by atoms with Crippen LogP contribution in [0.2, 0.25) is 0 Å². The third-order valence-corrected chi connectivity index (χ3v) is 0.625. The molecule has 1 rings (SSSR count). The molecular formula is C8H11N. The first-order valence-corrected chi connectivity index (χ1v) is 3.09. The fourth-order valence-electron chi connectivity index (χ4n) is 0.340. The molecule has 0 atom stereocenters. The minimum Gasteiger partial charge on any atom is -0.256 e. The third kappa shape index (κ3) is 4.79. The van der Waals surface area contributed by atoms with E-state index in [0.29, 0.717) is 0 Å². The van der Waals surface area contributed by atoms with E-state index in [2.05, 4.69) is 10.7 Å². The van der Waals surface area contributed by atoms with Crippen molar-refractivity contribution in [3.8, 4) is 0 Å². The van der Waals surface area contributed by atoms with Gasteiger partial charge in [0, 0.05) is 6.21 Å². The lowest BCUT2D eigenvalue weighted by Gasteiger charge is -1.61. The van der Waals surface area contributed by atoms with Crippen LogP contribution in [0.15, 0.2) is 35.2 Å². The Morgan fingerprint density at radius 2 is 2.00 bits per heavy atom. The summed E-state index contributed by atoms with van der Waals surface area (Å²) in [5.74, 6) is 0. The minimum atomic E-state index is 1.62. The molecule has 0 amide bonds. The van der Waals surface area contributed by atoms with E-state index in [9.17, 15) is 0 Å². The number of rotatable bonds is 0. The highest BCUT2D eigenvalue weighted by Crippen LogP contribution is 1.78. The highest BCUT2D eigenvalue weighted by atomic mass is 14.6. The van der Waals surface area contributed by atoms with Crippen molar-refractivity contribution in [1.82, 2.24) is 0 Å². The second kappa shape index (κ2) is 6.93. The molecule has 0 radical (unpaired) electrons. The summed E-state index contributed by atoms with van der Waals surface area (Å²) >= 11 is 0. The van der Waals surface area contributed by atoms with Gasteiger partial charge in [-0.25, -0.2) is 0 Å². The first kappa shape index (κ1) is 7.93. The molecule has 9 heavy (non-hydrogen) atoms. The van der Waals surface area contributed by atoms with Crippen LogP contribution in [0.5, 0.6) is 0 Å². The molecular weight excluding hydrogens is 110 g/mol. The number of hydrogen-bond donors (Lipinski definition) is 0. The Hall–Kier alpha value is -1.07. The SMILES string of the molecule is C1=CC=CC=NC=1.CC. The van der Waals surface area contributed by atoms with E-state index in [-0.39, 0.29) is 0 Å². The maximum Gasteiger partial charge on any atom is 0.0686 e. The van der Waals surface area contributed by atoms with Crippen LogP contribution in [0.3, 0.4) is 0 Å². The Balaban J connectivity index is 0.000000291. The standard InChI is InChI=1S/C6H5N.C2H6/c1-2-4-6-7-5-3-1;1-2/h1-3,5-6H;1-2H3. The second-order valence-corrected chi connectivity index (χ2v) is 1.15. The molecule has 0 aromatic carbocycles. The van der Waals surface area contributed by atoms with Crippen molar-refractivity contribution in [1.29, 1.82) is 0 Å². The Morgan fingerprint density at radius 3 is 2.78 bits per heavy atom. The second-order valence-electron chi connectivity index (χ2n) is 1.15. The molecule has 1 heteroatoms. The zero-order valence-electron chi connectivity index (χ0n) is 5.83. The van der Waals surface area contributed by atoms with Crippen molar-refractivity contribution in [2.45, 2.75) is 13.8 Å². The first-order chi connectivity index (χ1) is 4.50. The monoisotopic (exact) mass is 121 g/mol. The molecule has 1 aliphatic heterocycles. The van der Waals surface area contributed by atoms with Crippen LogP contribution in [0, 0.1) is 0 Å². The maximum atomic E-state index is 3.79. The quantitative estimate of drug-likeness (QED) is 0.436. The van der Waals surface area contributed by atoms with Gasteiger partial charge in [0.05, 0.1) is 6.20 Å². The van der Waals surface area contributed by atoms with Gasteiger partial charge in [-0.1, -0.05) is 19.9 Å². The minimum absolute atomic E-state index is 1.62. The third-order valence-electron chi connectivity index (χ3n) is 0.625. The van der Waals surface area contributed by atoms with Gasteiger partial charge < -0.3 is 0 Å². The maximum absolute atomic E-state index is 3.79. The lowest BCUT2D eigenvalue weighted by molar-refractivity contribution is 1.50. The van der Waals surface area contributed by atoms with Crippen LogP contribution in [-0.2, 0) is 0 Å². The molecule has 1 nitrogen and oxygen atoms in total. The van der Waals surface area contributed by atoms with E-state index < -0.39 is 0 Å². The molecule has 1 aliphatic rings. The van der Waals surface area contributed by atoms with E-state index in [1.54, 1.807) is 12.4 Å². The van der Waals surface area contributed by atoms with Crippen molar-refractivity contribution in [3.63, 3.8) is 0 Å². The summed E-state index contributed by atoms with van der Waals surface area (Å²) in [4.78, 5) is 3.79. The summed E-state index contributed by atoms with van der Waals surface area (Å²) in [6, 6.07) is 0. The Bertz CT molecular complexity index is 141. The Kier molecular flexibility index (Phi) is 6.11. The van der Waals surface area contributed by atoms with Crippen LogP contribution >= 0.6 is 0 Å². The van der Waals surface area contributed by atoms with Gasteiger partial charge >= 0.3 is 0 Å². The highest BCUT2D eigenvalue weighted by molar-refractivity contribution is 5.72. The van der Waals surface area contributed by atoms with E-state index >= 15 is 0 Å². The molecule has 0 saturated carbocycles. The largest absolute Gasteiger partial charge is 0.256 e. The van der Waals surface area contributed by atoms with E-state index in [1.165, 1.54) is 0 Å². The molecule has 0 aliphatic carbocycles. The van der Waals surface area contributed by atoms with Gasteiger partial charge in [0.25, 0.3) is 0 Å². The van der Waals surface area contributed by atoms with Crippen LogP contribution < -0.4 is 0 Å². The molecule has 48 valence electrons. The van der Waals surface area contributed by atoms with Gasteiger partial charge in [0.15, 0.2) is 0 Å². The topological polar surface area (TPSA) is 12.4 Å². The van der Waals surface area contributed by atoms with Crippen LogP contribution in [0.1, 0.15) is 13.8 Å². The molecule has 1 heterocycles. The highest BCUT2D eigenvalue weighted by Gasteiger charge is 1.63. The molecule has 0 unspecified atom stereocenters. The number of aliphatic imine (C=N–C) groups is 1. The first-order valence-electron chi connectivity index (χ1n) is 3.09.